The normalized spacial score (nSPS) is 11.8. The molecule has 0 aliphatic carbocycles. The fraction of sp³-hybridized carbons (Fsp3) is 0.529. The quantitative estimate of drug-likeness (QED) is 0.684. The number of amides is 1. The van der Waals surface area contributed by atoms with Crippen LogP contribution in [0.3, 0.4) is 0 Å². The van der Waals surface area contributed by atoms with Crippen LogP contribution < -0.4 is 5.32 Å². The Morgan fingerprint density at radius 1 is 1.23 bits per heavy atom. The molecule has 122 valence electrons. The average Bonchev–Trinajstić information content (AvgIpc) is 2.53. The standard InChI is InChI=1S/C17H25NO4/c1-13(10-12-19)3-4-14-5-7-15(8-6-14)17(21)18-11-9-16(20)22-2/h5-8,13,19H,3-4,9-12H2,1-2H3,(H,18,21). The highest BCUT2D eigenvalue weighted by Gasteiger charge is 2.07. The van der Waals surface area contributed by atoms with Gasteiger partial charge in [0.05, 0.1) is 13.5 Å². The van der Waals surface area contributed by atoms with Gasteiger partial charge in [0.25, 0.3) is 5.91 Å². The summed E-state index contributed by atoms with van der Waals surface area (Å²) in [6, 6.07) is 7.47. The number of aliphatic hydroxyl groups is 1. The molecule has 0 radical (unpaired) electrons. The zero-order valence-corrected chi connectivity index (χ0v) is 13.3. The van der Waals surface area contributed by atoms with E-state index in [1.807, 2.05) is 12.1 Å². The summed E-state index contributed by atoms with van der Waals surface area (Å²) in [7, 11) is 1.32. The maximum Gasteiger partial charge on any atom is 0.307 e. The highest BCUT2D eigenvalue weighted by atomic mass is 16.5. The van der Waals surface area contributed by atoms with Gasteiger partial charge in [0.2, 0.25) is 0 Å². The van der Waals surface area contributed by atoms with Crippen molar-refractivity contribution in [3.8, 4) is 0 Å². The van der Waals surface area contributed by atoms with Crippen LogP contribution in [-0.2, 0) is 16.0 Å². The van der Waals surface area contributed by atoms with Crippen molar-refractivity contribution >= 4 is 11.9 Å². The lowest BCUT2D eigenvalue weighted by atomic mass is 9.98. The van der Waals surface area contributed by atoms with Crippen molar-refractivity contribution in [3.63, 3.8) is 0 Å². The van der Waals surface area contributed by atoms with Gasteiger partial charge >= 0.3 is 5.97 Å². The van der Waals surface area contributed by atoms with E-state index in [0.29, 0.717) is 11.5 Å². The minimum atomic E-state index is -0.340. The average molecular weight is 307 g/mol. The summed E-state index contributed by atoms with van der Waals surface area (Å²) in [4.78, 5) is 22.8. The second-order valence-corrected chi connectivity index (χ2v) is 5.44. The predicted octanol–water partition coefficient (Wildman–Crippen LogP) is 1.93. The minimum absolute atomic E-state index is 0.170. The molecule has 1 aromatic rings. The number of carbonyl (C=O) groups excluding carboxylic acids is 2. The smallest absolute Gasteiger partial charge is 0.307 e. The zero-order chi connectivity index (χ0) is 16.4. The lowest BCUT2D eigenvalue weighted by molar-refractivity contribution is -0.140. The van der Waals surface area contributed by atoms with Gasteiger partial charge in [0, 0.05) is 18.7 Å². The van der Waals surface area contributed by atoms with E-state index >= 15 is 0 Å². The molecule has 0 aromatic heterocycles. The lowest BCUT2D eigenvalue weighted by Gasteiger charge is -2.10. The Hall–Kier alpha value is -1.88. The topological polar surface area (TPSA) is 75.6 Å². The third-order valence-electron chi connectivity index (χ3n) is 3.61. The van der Waals surface area contributed by atoms with Crippen LogP contribution >= 0.6 is 0 Å². The molecule has 1 amide bonds. The molecule has 0 bridgehead atoms. The van der Waals surface area contributed by atoms with E-state index < -0.39 is 0 Å². The first-order chi connectivity index (χ1) is 10.6. The number of carbonyl (C=O) groups is 2. The van der Waals surface area contributed by atoms with Gasteiger partial charge in [-0.1, -0.05) is 19.1 Å². The summed E-state index contributed by atoms with van der Waals surface area (Å²) in [5.74, 6) is -0.0388. The first-order valence-corrected chi connectivity index (χ1v) is 7.61. The first-order valence-electron chi connectivity index (χ1n) is 7.61. The Morgan fingerprint density at radius 3 is 2.50 bits per heavy atom. The highest BCUT2D eigenvalue weighted by molar-refractivity contribution is 5.94. The minimum Gasteiger partial charge on any atom is -0.469 e. The SMILES string of the molecule is COC(=O)CCNC(=O)c1ccc(CCC(C)CCO)cc1. The van der Waals surface area contributed by atoms with Crippen molar-refractivity contribution in [1.29, 1.82) is 0 Å². The van der Waals surface area contributed by atoms with E-state index in [2.05, 4.69) is 17.0 Å². The van der Waals surface area contributed by atoms with Crippen LogP contribution in [0.15, 0.2) is 24.3 Å². The molecular formula is C17H25NO4. The zero-order valence-electron chi connectivity index (χ0n) is 13.3. The largest absolute Gasteiger partial charge is 0.469 e. The van der Waals surface area contributed by atoms with Crippen molar-refractivity contribution in [2.75, 3.05) is 20.3 Å². The molecular weight excluding hydrogens is 282 g/mol. The highest BCUT2D eigenvalue weighted by Crippen LogP contribution is 2.13. The van der Waals surface area contributed by atoms with Crippen LogP contribution in [0.1, 0.15) is 42.1 Å². The van der Waals surface area contributed by atoms with Gasteiger partial charge in [-0.2, -0.15) is 0 Å². The number of rotatable bonds is 9. The van der Waals surface area contributed by atoms with Gasteiger partial charge < -0.3 is 15.2 Å². The van der Waals surface area contributed by atoms with Crippen LogP contribution in [0.2, 0.25) is 0 Å². The summed E-state index contributed by atoms with van der Waals surface area (Å²) >= 11 is 0. The van der Waals surface area contributed by atoms with Gasteiger partial charge in [-0.25, -0.2) is 0 Å². The summed E-state index contributed by atoms with van der Waals surface area (Å²) < 4.78 is 4.51. The van der Waals surface area contributed by atoms with Gasteiger partial charge in [0.15, 0.2) is 0 Å². The molecule has 0 spiro atoms. The van der Waals surface area contributed by atoms with E-state index in [1.165, 1.54) is 12.7 Å². The fourth-order valence-corrected chi connectivity index (χ4v) is 2.08. The monoisotopic (exact) mass is 307 g/mol. The fourth-order valence-electron chi connectivity index (χ4n) is 2.08. The maximum atomic E-state index is 11.9. The second-order valence-electron chi connectivity index (χ2n) is 5.44. The predicted molar refractivity (Wildman–Crippen MR) is 84.6 cm³/mol. The maximum absolute atomic E-state index is 11.9. The molecule has 0 aliphatic rings. The van der Waals surface area contributed by atoms with Crippen molar-refractivity contribution in [2.24, 2.45) is 5.92 Å². The number of nitrogens with one attached hydrogen (secondary N) is 1. The summed E-state index contributed by atoms with van der Waals surface area (Å²) in [6.45, 7) is 2.62. The molecule has 0 heterocycles. The van der Waals surface area contributed by atoms with Crippen LogP contribution in [0.4, 0.5) is 0 Å². The van der Waals surface area contributed by atoms with E-state index in [1.54, 1.807) is 12.1 Å². The van der Waals surface area contributed by atoms with Gasteiger partial charge in [0.1, 0.15) is 0 Å². The van der Waals surface area contributed by atoms with E-state index in [4.69, 9.17) is 5.11 Å². The molecule has 0 aliphatic heterocycles. The van der Waals surface area contributed by atoms with Gasteiger partial charge in [-0.05, 0) is 42.9 Å². The van der Waals surface area contributed by atoms with Crippen molar-refractivity contribution in [3.05, 3.63) is 35.4 Å². The number of hydrogen-bond donors (Lipinski definition) is 2. The number of ether oxygens (including phenoxy) is 1. The molecule has 0 fully saturated rings. The molecule has 22 heavy (non-hydrogen) atoms. The van der Waals surface area contributed by atoms with Gasteiger partial charge in [-0.15, -0.1) is 0 Å². The Morgan fingerprint density at radius 2 is 1.91 bits per heavy atom. The second kappa shape index (κ2) is 9.95. The molecule has 5 heteroatoms. The molecule has 1 atom stereocenters. The van der Waals surface area contributed by atoms with E-state index in [9.17, 15) is 9.59 Å². The van der Waals surface area contributed by atoms with Crippen molar-refractivity contribution in [1.82, 2.24) is 5.32 Å². The molecule has 1 aromatic carbocycles. The molecule has 1 unspecified atom stereocenters. The molecule has 0 saturated carbocycles. The number of methoxy groups -OCH3 is 1. The third-order valence-corrected chi connectivity index (χ3v) is 3.61. The summed E-state index contributed by atoms with van der Waals surface area (Å²) in [5.41, 5.74) is 1.76. The van der Waals surface area contributed by atoms with Crippen LogP contribution in [0.25, 0.3) is 0 Å². The number of hydrogen-bond acceptors (Lipinski definition) is 4. The van der Waals surface area contributed by atoms with Crippen molar-refractivity contribution < 1.29 is 19.4 Å². The Bertz CT molecular complexity index is 470. The molecule has 2 N–H and O–H groups in total. The molecule has 5 nitrogen and oxygen atoms in total. The van der Waals surface area contributed by atoms with Crippen LogP contribution in [0.5, 0.6) is 0 Å². The Labute approximate surface area is 131 Å². The first kappa shape index (κ1) is 18.2. The Kier molecular flexibility index (Phi) is 8.22. The molecule has 0 saturated heterocycles. The summed E-state index contributed by atoms with van der Waals surface area (Å²) in [6.07, 6.45) is 2.94. The third kappa shape index (κ3) is 6.72. The number of aliphatic hydroxyl groups excluding tert-OH is 1. The van der Waals surface area contributed by atoms with E-state index in [-0.39, 0.29) is 31.4 Å². The van der Waals surface area contributed by atoms with Gasteiger partial charge in [-0.3, -0.25) is 9.59 Å². The number of benzene rings is 1. The lowest BCUT2D eigenvalue weighted by Crippen LogP contribution is -2.26. The van der Waals surface area contributed by atoms with Crippen LogP contribution in [-0.4, -0.2) is 37.2 Å². The van der Waals surface area contributed by atoms with Crippen LogP contribution in [0, 0.1) is 5.92 Å². The number of aryl methyl sites for hydroxylation is 1. The summed E-state index contributed by atoms with van der Waals surface area (Å²) in [5, 5.41) is 11.6. The Balaban J connectivity index is 2.40. The molecule has 1 rings (SSSR count). The number of esters is 1. The van der Waals surface area contributed by atoms with E-state index in [0.717, 1.165) is 19.3 Å². The van der Waals surface area contributed by atoms with Crippen molar-refractivity contribution in [2.45, 2.75) is 32.6 Å².